The van der Waals surface area contributed by atoms with Crippen LogP contribution in [0.2, 0.25) is 0 Å². The third-order valence-electron chi connectivity index (χ3n) is 2.92. The highest BCUT2D eigenvalue weighted by Crippen LogP contribution is 2.09. The number of amides is 1. The maximum atomic E-state index is 11.7. The van der Waals surface area contributed by atoms with Crippen LogP contribution in [0.1, 0.15) is 16.7 Å². The third-order valence-corrected chi connectivity index (χ3v) is 2.92. The second kappa shape index (κ2) is 6.87. The average molecular weight is 269 g/mol. The van der Waals surface area contributed by atoms with Gasteiger partial charge in [0.05, 0.1) is 6.61 Å². The topological polar surface area (TPSA) is 38.3 Å². The van der Waals surface area contributed by atoms with Gasteiger partial charge >= 0.3 is 0 Å². The molecular formula is C17H19NO2. The van der Waals surface area contributed by atoms with E-state index in [4.69, 9.17) is 4.74 Å². The molecule has 20 heavy (non-hydrogen) atoms. The predicted molar refractivity (Wildman–Crippen MR) is 80.6 cm³/mol. The van der Waals surface area contributed by atoms with Crippen LogP contribution in [0.4, 0.5) is 5.69 Å². The molecule has 0 saturated carbocycles. The number of carbonyl (C=O) groups excluding carboxylic acids is 1. The first-order valence-electron chi connectivity index (χ1n) is 6.63. The summed E-state index contributed by atoms with van der Waals surface area (Å²) in [6.45, 7) is 4.53. The summed E-state index contributed by atoms with van der Waals surface area (Å²) in [6.07, 6.45) is 0. The Hall–Kier alpha value is -2.13. The van der Waals surface area contributed by atoms with Crippen molar-refractivity contribution in [1.29, 1.82) is 0 Å². The summed E-state index contributed by atoms with van der Waals surface area (Å²) < 4.78 is 5.41. The molecule has 0 radical (unpaired) electrons. The molecule has 0 aliphatic heterocycles. The SMILES string of the molecule is Cc1ccc(COCC(=O)Nc2cccc(C)c2)cc1. The van der Waals surface area contributed by atoms with Crippen molar-refractivity contribution in [3.8, 4) is 0 Å². The zero-order valence-electron chi connectivity index (χ0n) is 11.8. The Labute approximate surface area is 119 Å². The summed E-state index contributed by atoms with van der Waals surface area (Å²) in [5.74, 6) is -0.136. The van der Waals surface area contributed by atoms with Crippen molar-refractivity contribution in [3.63, 3.8) is 0 Å². The second-order valence-electron chi connectivity index (χ2n) is 4.90. The molecule has 0 atom stereocenters. The van der Waals surface area contributed by atoms with Gasteiger partial charge in [0, 0.05) is 5.69 Å². The highest BCUT2D eigenvalue weighted by molar-refractivity contribution is 5.91. The van der Waals surface area contributed by atoms with E-state index in [9.17, 15) is 4.79 Å². The van der Waals surface area contributed by atoms with Crippen LogP contribution in [0.25, 0.3) is 0 Å². The molecule has 0 bridgehead atoms. The number of rotatable bonds is 5. The van der Waals surface area contributed by atoms with Gasteiger partial charge < -0.3 is 10.1 Å². The summed E-state index contributed by atoms with van der Waals surface area (Å²) in [6, 6.07) is 15.8. The van der Waals surface area contributed by atoms with Gasteiger partial charge in [-0.1, -0.05) is 42.0 Å². The molecular weight excluding hydrogens is 250 g/mol. The van der Waals surface area contributed by atoms with Crippen molar-refractivity contribution in [2.24, 2.45) is 0 Å². The molecule has 0 aliphatic carbocycles. The standard InChI is InChI=1S/C17H19NO2/c1-13-6-8-15(9-7-13)11-20-12-17(19)18-16-5-3-4-14(2)10-16/h3-10H,11-12H2,1-2H3,(H,18,19). The number of ether oxygens (including phenoxy) is 1. The zero-order chi connectivity index (χ0) is 14.4. The molecule has 0 fully saturated rings. The van der Waals surface area contributed by atoms with Gasteiger partial charge in [-0.05, 0) is 37.1 Å². The van der Waals surface area contributed by atoms with Crippen LogP contribution in [0.5, 0.6) is 0 Å². The molecule has 3 nitrogen and oxygen atoms in total. The van der Waals surface area contributed by atoms with Gasteiger partial charge in [0.15, 0.2) is 0 Å². The fourth-order valence-corrected chi connectivity index (χ4v) is 1.87. The molecule has 0 saturated heterocycles. The van der Waals surface area contributed by atoms with E-state index in [-0.39, 0.29) is 12.5 Å². The van der Waals surface area contributed by atoms with Crippen LogP contribution in [0.3, 0.4) is 0 Å². The maximum absolute atomic E-state index is 11.7. The minimum absolute atomic E-state index is 0.0574. The van der Waals surface area contributed by atoms with Crippen molar-refractivity contribution in [1.82, 2.24) is 0 Å². The molecule has 3 heteroatoms. The molecule has 2 rings (SSSR count). The third kappa shape index (κ3) is 4.52. The molecule has 0 heterocycles. The van der Waals surface area contributed by atoms with E-state index in [0.29, 0.717) is 6.61 Å². The number of carbonyl (C=O) groups is 1. The van der Waals surface area contributed by atoms with Crippen LogP contribution in [-0.4, -0.2) is 12.5 Å². The number of hydrogen-bond donors (Lipinski definition) is 1. The predicted octanol–water partition coefficient (Wildman–Crippen LogP) is 3.46. The van der Waals surface area contributed by atoms with E-state index in [1.165, 1.54) is 5.56 Å². The number of benzene rings is 2. The smallest absolute Gasteiger partial charge is 0.250 e. The molecule has 0 aliphatic rings. The zero-order valence-corrected chi connectivity index (χ0v) is 11.8. The van der Waals surface area contributed by atoms with Crippen LogP contribution in [-0.2, 0) is 16.1 Å². The number of nitrogens with one attached hydrogen (secondary N) is 1. The minimum atomic E-state index is -0.136. The second-order valence-corrected chi connectivity index (χ2v) is 4.90. The Morgan fingerprint density at radius 1 is 1.05 bits per heavy atom. The maximum Gasteiger partial charge on any atom is 0.250 e. The van der Waals surface area contributed by atoms with Gasteiger partial charge in [-0.25, -0.2) is 0 Å². The van der Waals surface area contributed by atoms with E-state index >= 15 is 0 Å². The van der Waals surface area contributed by atoms with Crippen molar-refractivity contribution < 1.29 is 9.53 Å². The monoisotopic (exact) mass is 269 g/mol. The molecule has 0 unspecified atom stereocenters. The van der Waals surface area contributed by atoms with Gasteiger partial charge in [0.2, 0.25) is 5.91 Å². The number of hydrogen-bond acceptors (Lipinski definition) is 2. The Morgan fingerprint density at radius 3 is 2.50 bits per heavy atom. The van der Waals surface area contributed by atoms with Gasteiger partial charge in [-0.15, -0.1) is 0 Å². The molecule has 2 aromatic rings. The van der Waals surface area contributed by atoms with E-state index in [1.807, 2.05) is 62.4 Å². The highest BCUT2D eigenvalue weighted by Gasteiger charge is 2.03. The summed E-state index contributed by atoms with van der Waals surface area (Å²) >= 11 is 0. The minimum Gasteiger partial charge on any atom is -0.367 e. The lowest BCUT2D eigenvalue weighted by Crippen LogP contribution is -2.18. The fourth-order valence-electron chi connectivity index (χ4n) is 1.87. The van der Waals surface area contributed by atoms with Crippen LogP contribution < -0.4 is 5.32 Å². The molecule has 2 aromatic carbocycles. The normalized spacial score (nSPS) is 10.3. The summed E-state index contributed by atoms with van der Waals surface area (Å²) in [5.41, 5.74) is 4.20. The highest BCUT2D eigenvalue weighted by atomic mass is 16.5. The van der Waals surface area contributed by atoms with Crippen LogP contribution in [0, 0.1) is 13.8 Å². The van der Waals surface area contributed by atoms with Gasteiger partial charge in [-0.3, -0.25) is 4.79 Å². The van der Waals surface area contributed by atoms with Crippen LogP contribution >= 0.6 is 0 Å². The molecule has 0 spiro atoms. The Kier molecular flexibility index (Phi) is 4.91. The number of aryl methyl sites for hydroxylation is 2. The van der Waals surface area contributed by atoms with Crippen LogP contribution in [0.15, 0.2) is 48.5 Å². The first-order valence-corrected chi connectivity index (χ1v) is 6.63. The lowest BCUT2D eigenvalue weighted by molar-refractivity contribution is -0.121. The van der Waals surface area contributed by atoms with Crippen molar-refractivity contribution in [2.45, 2.75) is 20.5 Å². The van der Waals surface area contributed by atoms with Gasteiger partial charge in [0.25, 0.3) is 0 Å². The molecule has 0 aromatic heterocycles. The molecule has 1 N–H and O–H groups in total. The average Bonchev–Trinajstić information content (AvgIpc) is 2.41. The van der Waals surface area contributed by atoms with Gasteiger partial charge in [0.1, 0.15) is 6.61 Å². The Balaban J connectivity index is 1.76. The summed E-state index contributed by atoms with van der Waals surface area (Å²) in [4.78, 5) is 11.7. The quantitative estimate of drug-likeness (QED) is 0.902. The summed E-state index contributed by atoms with van der Waals surface area (Å²) in [5, 5.41) is 2.81. The molecule has 104 valence electrons. The lowest BCUT2D eigenvalue weighted by atomic mass is 10.2. The van der Waals surface area contributed by atoms with Crippen molar-refractivity contribution in [2.75, 3.05) is 11.9 Å². The Morgan fingerprint density at radius 2 is 1.80 bits per heavy atom. The first kappa shape index (κ1) is 14.3. The van der Waals surface area contributed by atoms with E-state index < -0.39 is 0 Å². The van der Waals surface area contributed by atoms with E-state index in [0.717, 1.165) is 16.8 Å². The van der Waals surface area contributed by atoms with E-state index in [2.05, 4.69) is 5.32 Å². The Bertz CT molecular complexity index is 576. The van der Waals surface area contributed by atoms with Crippen molar-refractivity contribution in [3.05, 3.63) is 65.2 Å². The van der Waals surface area contributed by atoms with E-state index in [1.54, 1.807) is 0 Å². The van der Waals surface area contributed by atoms with Gasteiger partial charge in [-0.2, -0.15) is 0 Å². The molecule has 1 amide bonds. The fraction of sp³-hybridized carbons (Fsp3) is 0.235. The largest absolute Gasteiger partial charge is 0.367 e. The number of anilines is 1. The van der Waals surface area contributed by atoms with Crippen molar-refractivity contribution >= 4 is 11.6 Å². The summed E-state index contributed by atoms with van der Waals surface area (Å²) in [7, 11) is 0. The lowest BCUT2D eigenvalue weighted by Gasteiger charge is -2.07. The first-order chi connectivity index (χ1) is 9.63.